The number of rotatable bonds is 4. The van der Waals surface area contributed by atoms with Gasteiger partial charge in [0, 0.05) is 30.3 Å². The van der Waals surface area contributed by atoms with Crippen LogP contribution in [0.3, 0.4) is 0 Å². The van der Waals surface area contributed by atoms with Gasteiger partial charge in [0.25, 0.3) is 0 Å². The van der Waals surface area contributed by atoms with Gasteiger partial charge in [-0.2, -0.15) is 0 Å². The van der Waals surface area contributed by atoms with E-state index < -0.39 is 0 Å². The zero-order valence-corrected chi connectivity index (χ0v) is 12.1. The minimum absolute atomic E-state index is 0.168. The monoisotopic (exact) mass is 281 g/mol. The van der Waals surface area contributed by atoms with E-state index in [1.807, 2.05) is 48.2 Å². The minimum atomic E-state index is -0.368. The summed E-state index contributed by atoms with van der Waals surface area (Å²) < 4.78 is 0. The molecule has 1 fully saturated rings. The molecule has 21 heavy (non-hydrogen) atoms. The largest absolute Gasteiger partial charge is 0.399 e. The normalized spacial score (nSPS) is 15.5. The second-order valence-electron chi connectivity index (χ2n) is 5.46. The van der Waals surface area contributed by atoms with Crippen LogP contribution in [0.2, 0.25) is 0 Å². The molecule has 2 aromatic rings. The van der Waals surface area contributed by atoms with Crippen LogP contribution in [-0.2, 0) is 10.2 Å². The van der Waals surface area contributed by atoms with Crippen molar-refractivity contribution in [1.29, 1.82) is 0 Å². The molecule has 1 heterocycles. The molecule has 0 spiro atoms. The van der Waals surface area contributed by atoms with Gasteiger partial charge in [-0.05, 0) is 49.6 Å². The van der Waals surface area contributed by atoms with Crippen molar-refractivity contribution in [3.05, 3.63) is 54.4 Å². The van der Waals surface area contributed by atoms with Crippen molar-refractivity contribution in [2.24, 2.45) is 0 Å². The summed E-state index contributed by atoms with van der Waals surface area (Å²) >= 11 is 0. The molecule has 0 atom stereocenters. The third-order valence-electron chi connectivity index (χ3n) is 4.16. The lowest BCUT2D eigenvalue weighted by atomic mass is 9.94. The quantitative estimate of drug-likeness (QED) is 0.877. The molecule has 4 heteroatoms. The number of benzene rings is 1. The summed E-state index contributed by atoms with van der Waals surface area (Å²) in [6.07, 6.45) is 5.23. The smallest absolute Gasteiger partial charge is 0.237 e. The number of nitrogen functional groups attached to an aromatic ring is 1. The first kappa shape index (κ1) is 13.6. The Hall–Kier alpha value is -2.36. The third kappa shape index (κ3) is 2.37. The van der Waals surface area contributed by atoms with Gasteiger partial charge >= 0.3 is 0 Å². The van der Waals surface area contributed by atoms with Crippen molar-refractivity contribution in [2.45, 2.75) is 25.2 Å². The predicted molar refractivity (Wildman–Crippen MR) is 84.0 cm³/mol. The highest BCUT2D eigenvalue weighted by Crippen LogP contribution is 2.50. The van der Waals surface area contributed by atoms with Gasteiger partial charge in [0.05, 0.1) is 5.41 Å². The summed E-state index contributed by atoms with van der Waals surface area (Å²) in [7, 11) is 0. The van der Waals surface area contributed by atoms with Crippen molar-refractivity contribution in [3.63, 3.8) is 0 Å². The van der Waals surface area contributed by atoms with Crippen molar-refractivity contribution < 1.29 is 4.79 Å². The van der Waals surface area contributed by atoms with Crippen LogP contribution < -0.4 is 10.6 Å². The first-order chi connectivity index (χ1) is 10.2. The molecule has 3 rings (SSSR count). The van der Waals surface area contributed by atoms with E-state index >= 15 is 0 Å². The van der Waals surface area contributed by atoms with E-state index in [9.17, 15) is 4.79 Å². The lowest BCUT2D eigenvalue weighted by molar-refractivity contribution is -0.121. The maximum atomic E-state index is 13.0. The standard InChI is InChI=1S/C17H19N3O/c1-2-20(15-7-11-19-12-8-15)16(21)17(9-10-17)13-3-5-14(18)6-4-13/h3-8,11-12H,2,9-10,18H2,1H3. The number of carbonyl (C=O) groups is 1. The van der Waals surface area contributed by atoms with E-state index in [-0.39, 0.29) is 11.3 Å². The number of hydrogen-bond acceptors (Lipinski definition) is 3. The predicted octanol–water partition coefficient (Wildman–Crippen LogP) is 2.75. The molecule has 1 aromatic heterocycles. The van der Waals surface area contributed by atoms with Crippen LogP contribution in [0, 0.1) is 0 Å². The molecule has 4 nitrogen and oxygen atoms in total. The molecular formula is C17H19N3O. The minimum Gasteiger partial charge on any atom is -0.399 e. The number of nitrogens with zero attached hydrogens (tertiary/aromatic N) is 2. The van der Waals surface area contributed by atoms with E-state index in [0.717, 1.165) is 29.8 Å². The molecule has 0 bridgehead atoms. The number of amides is 1. The highest BCUT2D eigenvalue weighted by atomic mass is 16.2. The van der Waals surface area contributed by atoms with Crippen LogP contribution in [-0.4, -0.2) is 17.4 Å². The average molecular weight is 281 g/mol. The highest BCUT2D eigenvalue weighted by molar-refractivity contribution is 6.03. The van der Waals surface area contributed by atoms with Crippen LogP contribution in [0.25, 0.3) is 0 Å². The van der Waals surface area contributed by atoms with Crippen LogP contribution in [0.1, 0.15) is 25.3 Å². The number of pyridine rings is 1. The SMILES string of the molecule is CCN(C(=O)C1(c2ccc(N)cc2)CC1)c1ccncc1. The number of likely N-dealkylation sites (N-methyl/N-ethyl adjacent to an activating group) is 1. The molecule has 0 aliphatic heterocycles. The Morgan fingerprint density at radius 3 is 2.33 bits per heavy atom. The van der Waals surface area contributed by atoms with Gasteiger partial charge in [-0.1, -0.05) is 12.1 Å². The Balaban J connectivity index is 1.91. The molecule has 2 N–H and O–H groups in total. The maximum Gasteiger partial charge on any atom is 0.237 e. The molecular weight excluding hydrogens is 262 g/mol. The van der Waals surface area contributed by atoms with Crippen LogP contribution in [0.15, 0.2) is 48.8 Å². The first-order valence-corrected chi connectivity index (χ1v) is 7.25. The van der Waals surface area contributed by atoms with Gasteiger partial charge in [-0.15, -0.1) is 0 Å². The van der Waals surface area contributed by atoms with Crippen LogP contribution >= 0.6 is 0 Å². The van der Waals surface area contributed by atoms with Crippen molar-refractivity contribution in [3.8, 4) is 0 Å². The van der Waals surface area contributed by atoms with Crippen molar-refractivity contribution in [1.82, 2.24) is 4.98 Å². The topological polar surface area (TPSA) is 59.2 Å². The number of carbonyl (C=O) groups excluding carboxylic acids is 1. The Labute approximate surface area is 124 Å². The van der Waals surface area contributed by atoms with E-state index in [4.69, 9.17) is 5.73 Å². The summed E-state index contributed by atoms with van der Waals surface area (Å²) in [6, 6.07) is 11.4. The van der Waals surface area contributed by atoms with E-state index in [2.05, 4.69) is 4.98 Å². The lowest BCUT2D eigenvalue weighted by Crippen LogP contribution is -2.39. The molecule has 1 aliphatic rings. The van der Waals surface area contributed by atoms with E-state index in [0.29, 0.717) is 6.54 Å². The maximum absolute atomic E-state index is 13.0. The fourth-order valence-electron chi connectivity index (χ4n) is 2.78. The summed E-state index contributed by atoms with van der Waals surface area (Å²) in [4.78, 5) is 18.9. The Bertz CT molecular complexity index is 633. The Morgan fingerprint density at radius 1 is 1.19 bits per heavy atom. The van der Waals surface area contributed by atoms with Gasteiger partial charge < -0.3 is 10.6 Å². The van der Waals surface area contributed by atoms with E-state index in [1.54, 1.807) is 12.4 Å². The molecule has 0 unspecified atom stereocenters. The van der Waals surface area contributed by atoms with Gasteiger partial charge in [-0.3, -0.25) is 9.78 Å². The van der Waals surface area contributed by atoms with Gasteiger partial charge in [0.15, 0.2) is 0 Å². The lowest BCUT2D eigenvalue weighted by Gasteiger charge is -2.26. The highest BCUT2D eigenvalue weighted by Gasteiger charge is 2.53. The summed E-state index contributed by atoms with van der Waals surface area (Å²) in [5.74, 6) is 0.168. The first-order valence-electron chi connectivity index (χ1n) is 7.25. The number of nitrogens with two attached hydrogens (primary N) is 1. The number of anilines is 2. The molecule has 1 aromatic carbocycles. The second-order valence-corrected chi connectivity index (χ2v) is 5.46. The van der Waals surface area contributed by atoms with Crippen LogP contribution in [0.4, 0.5) is 11.4 Å². The Morgan fingerprint density at radius 2 is 1.81 bits per heavy atom. The third-order valence-corrected chi connectivity index (χ3v) is 4.16. The average Bonchev–Trinajstić information content (AvgIpc) is 3.31. The van der Waals surface area contributed by atoms with Gasteiger partial charge in [0.1, 0.15) is 0 Å². The molecule has 1 aliphatic carbocycles. The fraction of sp³-hybridized carbons (Fsp3) is 0.294. The molecule has 108 valence electrons. The zero-order chi connectivity index (χ0) is 14.9. The number of aromatic nitrogens is 1. The van der Waals surface area contributed by atoms with Gasteiger partial charge in [0.2, 0.25) is 5.91 Å². The zero-order valence-electron chi connectivity index (χ0n) is 12.1. The number of hydrogen-bond donors (Lipinski definition) is 1. The molecule has 0 radical (unpaired) electrons. The second kappa shape index (κ2) is 5.20. The van der Waals surface area contributed by atoms with Gasteiger partial charge in [-0.25, -0.2) is 0 Å². The molecule has 1 saturated carbocycles. The molecule has 0 saturated heterocycles. The Kier molecular flexibility index (Phi) is 3.37. The van der Waals surface area contributed by atoms with Crippen molar-refractivity contribution >= 4 is 17.3 Å². The van der Waals surface area contributed by atoms with E-state index in [1.165, 1.54) is 0 Å². The summed E-state index contributed by atoms with van der Waals surface area (Å²) in [5.41, 5.74) is 8.06. The summed E-state index contributed by atoms with van der Waals surface area (Å²) in [5, 5.41) is 0. The molecule has 1 amide bonds. The summed E-state index contributed by atoms with van der Waals surface area (Å²) in [6.45, 7) is 2.65. The fourth-order valence-corrected chi connectivity index (χ4v) is 2.78. The van der Waals surface area contributed by atoms with Crippen molar-refractivity contribution in [2.75, 3.05) is 17.2 Å². The van der Waals surface area contributed by atoms with Crippen LogP contribution in [0.5, 0.6) is 0 Å².